The van der Waals surface area contributed by atoms with Crippen molar-refractivity contribution in [2.45, 2.75) is 0 Å². The van der Waals surface area contributed by atoms with Crippen molar-refractivity contribution in [2.24, 2.45) is 7.05 Å². The average molecular weight is 316 g/mol. The van der Waals surface area contributed by atoms with E-state index >= 15 is 0 Å². The van der Waals surface area contributed by atoms with Gasteiger partial charge in [-0.2, -0.15) is 4.98 Å². The molecule has 0 bridgehead atoms. The summed E-state index contributed by atoms with van der Waals surface area (Å²) in [4.78, 5) is 31.1. The number of aromatic amines is 1. The van der Waals surface area contributed by atoms with Crippen molar-refractivity contribution in [1.82, 2.24) is 23.5 Å². The van der Waals surface area contributed by atoms with Crippen LogP contribution in [-0.2, 0) is 7.05 Å². The Balaban J connectivity index is 2.12. The van der Waals surface area contributed by atoms with Gasteiger partial charge in [0, 0.05) is 30.2 Å². The van der Waals surface area contributed by atoms with Gasteiger partial charge >= 0.3 is 5.69 Å². The second kappa shape index (κ2) is 4.35. The molecule has 3 aromatic heterocycles. The number of hydrogen-bond donors (Lipinski definition) is 1. The molecule has 1 N–H and O–H groups in total. The third kappa shape index (κ3) is 1.66. The number of H-pyrrole nitrogens is 1. The molecule has 0 aliphatic heterocycles. The Morgan fingerprint density at radius 2 is 1.86 bits per heavy atom. The Labute approximate surface area is 128 Å². The molecule has 0 atom stereocenters. The van der Waals surface area contributed by atoms with Gasteiger partial charge in [-0.3, -0.25) is 18.9 Å². The van der Waals surface area contributed by atoms with Gasteiger partial charge < -0.3 is 0 Å². The summed E-state index contributed by atoms with van der Waals surface area (Å²) in [6.07, 6.45) is 3.36. The summed E-state index contributed by atoms with van der Waals surface area (Å²) < 4.78 is 4.47. The highest BCUT2D eigenvalue weighted by Crippen LogP contribution is 2.16. The van der Waals surface area contributed by atoms with Crippen LogP contribution in [0.1, 0.15) is 0 Å². The van der Waals surface area contributed by atoms with E-state index in [1.54, 1.807) is 36.1 Å². The fourth-order valence-corrected chi connectivity index (χ4v) is 2.58. The lowest BCUT2D eigenvalue weighted by atomic mass is 10.3. The SMILES string of the molecule is Cn1c(=O)[nH]c2c(=O)n3ccn(-c4ccc(Cl)cc4)c3nc21. The Hall–Kier alpha value is -2.80. The fraction of sp³-hybridized carbons (Fsp3) is 0.0714. The quantitative estimate of drug-likeness (QED) is 0.575. The minimum Gasteiger partial charge on any atom is -0.300 e. The number of halogens is 1. The van der Waals surface area contributed by atoms with E-state index in [1.165, 1.54) is 8.97 Å². The van der Waals surface area contributed by atoms with E-state index in [9.17, 15) is 9.59 Å². The van der Waals surface area contributed by atoms with Gasteiger partial charge in [-0.1, -0.05) is 11.6 Å². The van der Waals surface area contributed by atoms with Crippen molar-refractivity contribution in [3.8, 4) is 5.69 Å². The van der Waals surface area contributed by atoms with Gasteiger partial charge in [-0.05, 0) is 24.3 Å². The van der Waals surface area contributed by atoms with Gasteiger partial charge in [-0.25, -0.2) is 9.20 Å². The van der Waals surface area contributed by atoms with Crippen LogP contribution in [0.4, 0.5) is 0 Å². The number of aromatic nitrogens is 5. The number of hydrogen-bond acceptors (Lipinski definition) is 3. The molecule has 0 fully saturated rings. The van der Waals surface area contributed by atoms with E-state index < -0.39 is 0 Å². The Kier molecular flexibility index (Phi) is 2.55. The number of nitrogens with zero attached hydrogens (tertiary/aromatic N) is 4. The van der Waals surface area contributed by atoms with Crippen molar-refractivity contribution in [3.63, 3.8) is 0 Å². The monoisotopic (exact) mass is 315 g/mol. The molecule has 4 rings (SSSR count). The second-order valence-corrected chi connectivity index (χ2v) is 5.36. The molecule has 8 heteroatoms. The summed E-state index contributed by atoms with van der Waals surface area (Å²) in [6.45, 7) is 0. The average Bonchev–Trinajstić information content (AvgIpc) is 3.05. The first kappa shape index (κ1) is 12.9. The zero-order valence-corrected chi connectivity index (χ0v) is 12.2. The zero-order valence-electron chi connectivity index (χ0n) is 11.4. The van der Waals surface area contributed by atoms with Crippen LogP contribution in [0, 0.1) is 0 Å². The highest BCUT2D eigenvalue weighted by Gasteiger charge is 2.14. The molecule has 0 saturated heterocycles. The summed E-state index contributed by atoms with van der Waals surface area (Å²) in [5.41, 5.74) is 0.651. The standard InChI is InChI=1S/C14H10ClN5O2/c1-18-11-10(16-14(18)22)12(21)20-7-6-19(13(20)17-11)9-4-2-8(15)3-5-9/h2-7H,1H3,(H,16,22). The Morgan fingerprint density at radius 3 is 2.59 bits per heavy atom. The molecule has 0 amide bonds. The van der Waals surface area contributed by atoms with E-state index in [4.69, 9.17) is 11.6 Å². The lowest BCUT2D eigenvalue weighted by Crippen LogP contribution is -2.15. The minimum atomic E-state index is -0.370. The molecule has 7 nitrogen and oxygen atoms in total. The molecule has 0 radical (unpaired) electrons. The number of benzene rings is 1. The third-order valence-electron chi connectivity index (χ3n) is 3.62. The normalized spacial score (nSPS) is 11.5. The summed E-state index contributed by atoms with van der Waals surface area (Å²) >= 11 is 5.90. The van der Waals surface area contributed by atoms with E-state index in [-0.39, 0.29) is 16.8 Å². The highest BCUT2D eigenvalue weighted by atomic mass is 35.5. The van der Waals surface area contributed by atoms with E-state index in [2.05, 4.69) is 9.97 Å². The summed E-state index contributed by atoms with van der Waals surface area (Å²) in [6, 6.07) is 7.18. The molecule has 110 valence electrons. The number of aryl methyl sites for hydroxylation is 1. The predicted molar refractivity (Wildman–Crippen MR) is 82.9 cm³/mol. The molecule has 0 saturated carbocycles. The second-order valence-electron chi connectivity index (χ2n) is 4.92. The maximum atomic E-state index is 12.5. The summed E-state index contributed by atoms with van der Waals surface area (Å²) in [5.74, 6) is 0.425. The van der Waals surface area contributed by atoms with Crippen LogP contribution in [0.2, 0.25) is 5.02 Å². The Bertz CT molecular complexity index is 1130. The van der Waals surface area contributed by atoms with E-state index in [1.807, 2.05) is 12.1 Å². The topological polar surface area (TPSA) is 77.1 Å². The van der Waals surface area contributed by atoms with Gasteiger partial charge in [0.15, 0.2) is 11.2 Å². The molecule has 3 heterocycles. The van der Waals surface area contributed by atoms with Crippen LogP contribution in [0.15, 0.2) is 46.2 Å². The largest absolute Gasteiger partial charge is 0.327 e. The van der Waals surface area contributed by atoms with E-state index in [0.717, 1.165) is 5.69 Å². The first-order valence-corrected chi connectivity index (χ1v) is 6.88. The van der Waals surface area contributed by atoms with Crippen molar-refractivity contribution in [2.75, 3.05) is 0 Å². The van der Waals surface area contributed by atoms with Crippen molar-refractivity contribution in [1.29, 1.82) is 0 Å². The minimum absolute atomic E-state index is 0.193. The Morgan fingerprint density at radius 1 is 1.14 bits per heavy atom. The highest BCUT2D eigenvalue weighted by molar-refractivity contribution is 6.30. The lowest BCUT2D eigenvalue weighted by Gasteiger charge is -2.04. The number of rotatable bonds is 1. The van der Waals surface area contributed by atoms with Crippen LogP contribution < -0.4 is 11.2 Å². The molecule has 1 aromatic carbocycles. The fourth-order valence-electron chi connectivity index (χ4n) is 2.46. The first-order chi connectivity index (χ1) is 10.6. The van der Waals surface area contributed by atoms with Crippen LogP contribution in [0.25, 0.3) is 22.6 Å². The van der Waals surface area contributed by atoms with Crippen LogP contribution in [-0.4, -0.2) is 23.5 Å². The van der Waals surface area contributed by atoms with Crippen molar-refractivity contribution < 1.29 is 0 Å². The van der Waals surface area contributed by atoms with Gasteiger partial charge in [-0.15, -0.1) is 0 Å². The number of nitrogens with one attached hydrogen (secondary N) is 1. The number of imidazole rings is 2. The molecule has 0 aliphatic carbocycles. The molecule has 4 aromatic rings. The molecular formula is C14H10ClN5O2. The van der Waals surface area contributed by atoms with Crippen molar-refractivity contribution >= 4 is 28.5 Å². The van der Waals surface area contributed by atoms with Gasteiger partial charge in [0.25, 0.3) is 5.56 Å². The molecule has 0 aliphatic rings. The molecule has 0 unspecified atom stereocenters. The van der Waals surface area contributed by atoms with Crippen LogP contribution in [0.5, 0.6) is 0 Å². The van der Waals surface area contributed by atoms with Crippen LogP contribution >= 0.6 is 11.6 Å². The summed E-state index contributed by atoms with van der Waals surface area (Å²) in [7, 11) is 1.57. The maximum Gasteiger partial charge on any atom is 0.327 e. The molecular weight excluding hydrogens is 306 g/mol. The first-order valence-electron chi connectivity index (χ1n) is 6.50. The van der Waals surface area contributed by atoms with Gasteiger partial charge in [0.2, 0.25) is 5.78 Å². The maximum absolute atomic E-state index is 12.5. The van der Waals surface area contributed by atoms with Crippen LogP contribution in [0.3, 0.4) is 0 Å². The zero-order chi connectivity index (χ0) is 15.4. The molecule has 0 spiro atoms. The molecule has 22 heavy (non-hydrogen) atoms. The van der Waals surface area contributed by atoms with E-state index in [0.29, 0.717) is 16.4 Å². The number of fused-ring (bicyclic) bond motifs is 2. The smallest absolute Gasteiger partial charge is 0.300 e. The summed E-state index contributed by atoms with van der Waals surface area (Å²) in [5, 5.41) is 0.626. The van der Waals surface area contributed by atoms with Gasteiger partial charge in [0.1, 0.15) is 0 Å². The van der Waals surface area contributed by atoms with Gasteiger partial charge in [0.05, 0.1) is 0 Å². The van der Waals surface area contributed by atoms with Crippen molar-refractivity contribution in [3.05, 3.63) is 62.5 Å². The third-order valence-corrected chi connectivity index (χ3v) is 3.87. The predicted octanol–water partition coefficient (Wildman–Crippen LogP) is 1.32. The lowest BCUT2D eigenvalue weighted by molar-refractivity contribution is 0.876.